The summed E-state index contributed by atoms with van der Waals surface area (Å²) in [6.07, 6.45) is 0. The molecule has 0 atom stereocenters. The summed E-state index contributed by atoms with van der Waals surface area (Å²) < 4.78 is 38.3. The number of benzene rings is 16. The van der Waals surface area contributed by atoms with Gasteiger partial charge in [0.05, 0.1) is 22.7 Å². The van der Waals surface area contributed by atoms with E-state index in [1.54, 1.807) is 0 Å². The minimum Gasteiger partial charge on any atom is -0.307 e. The van der Waals surface area contributed by atoms with Gasteiger partial charge < -0.3 is 9.80 Å². The summed E-state index contributed by atoms with van der Waals surface area (Å²) in [6.45, 7) is 0. The molecule has 0 aliphatic carbocycles. The van der Waals surface area contributed by atoms with Crippen molar-refractivity contribution in [2.75, 3.05) is 9.80 Å². The molecule has 0 bridgehead atoms. The summed E-state index contributed by atoms with van der Waals surface area (Å²) in [7, 11) is 0. The summed E-state index contributed by atoms with van der Waals surface area (Å²) in [6, 6.07) is 120. The Hall–Kier alpha value is -12.0. The van der Waals surface area contributed by atoms with Crippen LogP contribution in [0.5, 0.6) is 0 Å². The van der Waals surface area contributed by atoms with Gasteiger partial charge in [0.2, 0.25) is 0 Å². The van der Waals surface area contributed by atoms with E-state index in [2.05, 4.69) is 192 Å². The van der Waals surface area contributed by atoms with Gasteiger partial charge in [-0.15, -0.1) is 0 Å². The second kappa shape index (κ2) is 23.8. The minimum atomic E-state index is -0.351. The Bertz CT molecular complexity index is 5010. The van der Waals surface area contributed by atoms with E-state index in [4.69, 9.17) is 0 Å². The van der Waals surface area contributed by atoms with E-state index in [9.17, 15) is 0 Å². The van der Waals surface area contributed by atoms with Crippen LogP contribution in [0, 0.1) is 11.6 Å². The zero-order valence-corrected chi connectivity index (χ0v) is 50.1. The first-order valence-electron chi connectivity index (χ1n) is 31.2. The molecule has 0 spiro atoms. The minimum absolute atomic E-state index is 0.351. The van der Waals surface area contributed by atoms with Crippen LogP contribution >= 0.6 is 0 Å². The lowest BCUT2D eigenvalue weighted by Gasteiger charge is -2.30. The van der Waals surface area contributed by atoms with Crippen molar-refractivity contribution in [3.8, 4) is 89.0 Å². The average Bonchev–Trinajstić information content (AvgIpc) is 0.739. The predicted octanol–water partition coefficient (Wildman–Crippen LogP) is 25.1. The van der Waals surface area contributed by atoms with E-state index in [1.807, 2.05) is 170 Å². The fourth-order valence-corrected chi connectivity index (χ4v) is 13.6. The Labute approximate surface area is 534 Å². The molecule has 0 heterocycles. The van der Waals surface area contributed by atoms with Gasteiger partial charge in [0, 0.05) is 33.3 Å². The molecule has 0 N–H and O–H groups in total. The zero-order chi connectivity index (χ0) is 61.5. The van der Waals surface area contributed by atoms with Gasteiger partial charge in [0.15, 0.2) is 11.6 Å². The Morgan fingerprint density at radius 3 is 0.793 bits per heavy atom. The molecule has 0 radical (unpaired) electrons. The first-order valence-corrected chi connectivity index (χ1v) is 31.2. The Kier molecular flexibility index (Phi) is 14.3. The van der Waals surface area contributed by atoms with Gasteiger partial charge in [0.25, 0.3) is 0 Å². The van der Waals surface area contributed by atoms with Gasteiger partial charge in [-0.3, -0.25) is 0 Å². The second-order valence-corrected chi connectivity index (χ2v) is 23.4. The van der Waals surface area contributed by atoms with Crippen molar-refractivity contribution in [1.82, 2.24) is 0 Å². The third kappa shape index (κ3) is 10.1. The van der Waals surface area contributed by atoms with Gasteiger partial charge in [-0.05, 0) is 172 Å². The number of nitrogens with zero attached hydrogens (tertiary/aromatic N) is 2. The lowest BCUT2D eigenvalue weighted by Crippen LogP contribution is -2.14. The van der Waals surface area contributed by atoms with E-state index >= 15 is 8.78 Å². The van der Waals surface area contributed by atoms with Gasteiger partial charge in [0.1, 0.15) is 0 Å². The van der Waals surface area contributed by atoms with Crippen molar-refractivity contribution in [1.29, 1.82) is 0 Å². The van der Waals surface area contributed by atoms with Crippen LogP contribution in [0.1, 0.15) is 0 Å². The summed E-state index contributed by atoms with van der Waals surface area (Å²) in [5.41, 5.74) is 18.3. The summed E-state index contributed by atoms with van der Waals surface area (Å²) in [4.78, 5) is 4.15. The molecule has 0 saturated carbocycles. The lowest BCUT2D eigenvalue weighted by molar-refractivity contribution is 0.632. The maximum atomic E-state index is 19.1. The highest BCUT2D eigenvalue weighted by atomic mass is 19.1. The van der Waals surface area contributed by atoms with Crippen molar-refractivity contribution in [2.45, 2.75) is 0 Å². The van der Waals surface area contributed by atoms with Crippen molar-refractivity contribution in [3.05, 3.63) is 363 Å². The molecule has 2 nitrogen and oxygen atoms in total. The summed E-state index contributed by atoms with van der Waals surface area (Å²) in [5, 5.41) is 5.97. The molecule has 0 unspecified atom stereocenters. The van der Waals surface area contributed by atoms with Gasteiger partial charge in [-0.2, -0.15) is 0 Å². The molecule has 0 aromatic heterocycles. The highest BCUT2D eigenvalue weighted by Crippen LogP contribution is 2.52. The number of hydrogen-bond acceptors (Lipinski definition) is 2. The number of rotatable bonds is 14. The molecule has 0 fully saturated rings. The molecular formula is C88H58F2N2. The van der Waals surface area contributed by atoms with Crippen molar-refractivity contribution < 1.29 is 8.78 Å². The number of hydrogen-bond donors (Lipinski definition) is 0. The summed E-state index contributed by atoms with van der Waals surface area (Å²) >= 11 is 0. The molecule has 434 valence electrons. The fourth-order valence-electron chi connectivity index (χ4n) is 13.6. The van der Waals surface area contributed by atoms with Crippen molar-refractivity contribution >= 4 is 66.4 Å². The largest absolute Gasteiger partial charge is 0.307 e. The van der Waals surface area contributed by atoms with Crippen LogP contribution in [0.25, 0.3) is 121 Å². The topological polar surface area (TPSA) is 6.48 Å². The van der Waals surface area contributed by atoms with E-state index in [0.717, 1.165) is 133 Å². The van der Waals surface area contributed by atoms with Crippen LogP contribution in [0.2, 0.25) is 0 Å². The highest BCUT2D eigenvalue weighted by Gasteiger charge is 2.29. The molecular weight excluding hydrogens is 1120 g/mol. The van der Waals surface area contributed by atoms with Gasteiger partial charge >= 0.3 is 0 Å². The second-order valence-electron chi connectivity index (χ2n) is 23.4. The molecule has 16 aromatic carbocycles. The molecule has 16 rings (SSSR count). The van der Waals surface area contributed by atoms with Crippen LogP contribution in [0.3, 0.4) is 0 Å². The predicted molar refractivity (Wildman–Crippen MR) is 383 cm³/mol. The number of anilines is 6. The molecule has 0 saturated heterocycles. The Morgan fingerprint density at radius 2 is 0.457 bits per heavy atom. The van der Waals surface area contributed by atoms with E-state index in [-0.39, 0.29) is 11.6 Å². The first-order chi connectivity index (χ1) is 45.5. The van der Waals surface area contributed by atoms with Crippen LogP contribution in [-0.4, -0.2) is 0 Å². The molecule has 16 aromatic rings. The van der Waals surface area contributed by atoms with Gasteiger partial charge in [-0.1, -0.05) is 279 Å². The van der Waals surface area contributed by atoms with Crippen LogP contribution in [0.15, 0.2) is 352 Å². The van der Waals surface area contributed by atoms with Crippen LogP contribution < -0.4 is 9.80 Å². The Morgan fingerprint density at radius 1 is 0.196 bits per heavy atom. The van der Waals surface area contributed by atoms with Crippen molar-refractivity contribution in [2.24, 2.45) is 0 Å². The average molecular weight is 1180 g/mol. The fraction of sp³-hybridized carbons (Fsp3) is 0. The maximum absolute atomic E-state index is 19.1. The molecule has 0 amide bonds. The van der Waals surface area contributed by atoms with E-state index in [0.29, 0.717) is 22.5 Å². The highest BCUT2D eigenvalue weighted by molar-refractivity contribution is 6.28. The maximum Gasteiger partial charge on any atom is 0.155 e. The quantitative estimate of drug-likeness (QED) is 0.100. The molecule has 0 aliphatic rings. The normalized spacial score (nSPS) is 11.4. The summed E-state index contributed by atoms with van der Waals surface area (Å²) in [5.74, 6) is -0.701. The van der Waals surface area contributed by atoms with Gasteiger partial charge in [-0.25, -0.2) is 8.78 Å². The number of para-hydroxylation sites is 2. The smallest absolute Gasteiger partial charge is 0.155 e. The standard InChI is InChI=1S/C88H58F2N2/c89-87-81(53-49-75(69-35-19-31-65(55-69)59-23-7-1-8-24-59)85(87)71-37-21-33-67(57-71)61-27-11-3-12-28-61)91(73-39-15-5-16-40-73)79-51-45-63-44-48-78-80(52-46-64-43-47-77(79)83(63)84(64)78)92(74-41-17-6-18-42-74)82-54-50-76(70-36-20-32-66(56-70)60-25-9-2-10-26-60)86(88(82)90)72-38-22-34-68(58-72)62-29-13-4-14-30-62/h1-58H. The molecule has 0 aliphatic heterocycles. The van der Waals surface area contributed by atoms with Crippen molar-refractivity contribution in [3.63, 3.8) is 0 Å². The SMILES string of the molecule is Fc1c(N(c2ccccc2)c2ccc3ccc4c(N(c5ccccc5)c5ccc(-c6cccc(-c7ccccc7)c6)c(-c6cccc(-c7ccccc7)c6)c5F)ccc5ccc2c3c54)ccc(-c2cccc(-c3ccccc3)c2)c1-c1cccc(-c2ccccc2)c1. The van der Waals surface area contributed by atoms with Crippen LogP contribution in [0.4, 0.5) is 42.9 Å². The molecule has 92 heavy (non-hydrogen) atoms. The van der Waals surface area contributed by atoms with E-state index in [1.165, 1.54) is 0 Å². The zero-order valence-electron chi connectivity index (χ0n) is 50.1. The Balaban J connectivity index is 0.893. The van der Waals surface area contributed by atoms with Crippen LogP contribution in [-0.2, 0) is 0 Å². The third-order valence-corrected chi connectivity index (χ3v) is 17.9. The third-order valence-electron chi connectivity index (χ3n) is 17.9. The number of halogens is 2. The molecule has 4 heteroatoms. The lowest BCUT2D eigenvalue weighted by atomic mass is 9.89. The van der Waals surface area contributed by atoms with E-state index < -0.39 is 0 Å². The first kappa shape index (κ1) is 55.3. The monoisotopic (exact) mass is 1180 g/mol.